The lowest BCUT2D eigenvalue weighted by atomic mass is 9.92. The number of rotatable bonds is 7. The van der Waals surface area contributed by atoms with Crippen LogP contribution in [0.5, 0.6) is 0 Å². The van der Waals surface area contributed by atoms with Gasteiger partial charge in [0.1, 0.15) is 0 Å². The van der Waals surface area contributed by atoms with E-state index in [1.54, 1.807) is 12.1 Å². The van der Waals surface area contributed by atoms with E-state index < -0.39 is 29.0 Å². The smallest absolute Gasteiger partial charge is 0.308 e. The van der Waals surface area contributed by atoms with Gasteiger partial charge >= 0.3 is 12.4 Å². The van der Waals surface area contributed by atoms with Gasteiger partial charge in [-0.15, -0.1) is 0 Å². The monoisotopic (exact) mass is 1010 g/mol. The molecule has 12 rings (SSSR count). The summed E-state index contributed by atoms with van der Waals surface area (Å²) in [4.78, 5) is 0. The molecule has 0 bridgehead atoms. The Morgan fingerprint density at radius 2 is 0.684 bits per heavy atom. The Morgan fingerprint density at radius 1 is 0.355 bits per heavy atom. The third kappa shape index (κ3) is 8.36. The van der Waals surface area contributed by atoms with Crippen molar-refractivity contribution in [2.75, 3.05) is 0 Å². The molecule has 12 aromatic rings. The zero-order valence-corrected chi connectivity index (χ0v) is 41.7. The first kappa shape index (κ1) is 47.8. The molecule has 10 aromatic carbocycles. The van der Waals surface area contributed by atoms with Crippen molar-refractivity contribution in [1.82, 2.24) is 9.13 Å². The molecule has 76 heavy (non-hydrogen) atoms. The normalized spacial score (nSPS) is 12.1. The number of halogens is 6. The molecule has 0 aliphatic carbocycles. The molecule has 0 saturated heterocycles. The summed E-state index contributed by atoms with van der Waals surface area (Å²) in [5.74, 6) is 0. The number of benzene rings is 10. The maximum absolute atomic E-state index is 15.9. The predicted octanol–water partition coefficient (Wildman–Crippen LogP) is 19.4. The van der Waals surface area contributed by atoms with Crippen LogP contribution in [0.3, 0.4) is 0 Å². The number of hydrogen-bond acceptors (Lipinski definition) is 1. The van der Waals surface area contributed by atoms with Crippen molar-refractivity contribution in [2.24, 2.45) is 0 Å². The Bertz CT molecular complexity index is 3950. The van der Waals surface area contributed by atoms with Crippen LogP contribution in [-0.4, -0.2) is 9.13 Å². The third-order valence-corrected chi connectivity index (χ3v) is 14.6. The molecule has 3 nitrogen and oxygen atoms in total. The van der Waals surface area contributed by atoms with Crippen molar-refractivity contribution in [3.05, 3.63) is 239 Å². The van der Waals surface area contributed by atoms with Crippen LogP contribution in [0.1, 0.15) is 38.9 Å². The average Bonchev–Trinajstić information content (AvgIpc) is 4.03. The number of alkyl halides is 6. The van der Waals surface area contributed by atoms with E-state index in [0.717, 1.165) is 94.4 Å². The van der Waals surface area contributed by atoms with Gasteiger partial charge in [-0.25, -0.2) is 0 Å². The average molecular weight is 1010 g/mol. The standard InChI is InChI=1S/C67H45F6N3/c1-39-9-5-13-44(27-39)48-17-23-59-54(33-48)55-34-49(45-14-6-10-40(2)28-45)18-24-60(55)75(59)63-31-43(38-74)32-64(65(63)53-22-21-52(66(68,69)70)37-58(53)67(71,72)73)76-61-25-19-50(46-15-7-11-41(3)29-46)35-56(61)57-36-51(20-26-62(57)76)47-16-8-12-42(4)30-47/h5-37H,1-4H3. The molecule has 0 N–H and O–H groups in total. The van der Waals surface area contributed by atoms with Gasteiger partial charge in [0, 0.05) is 27.1 Å². The van der Waals surface area contributed by atoms with E-state index >= 15 is 13.2 Å². The molecule has 370 valence electrons. The first-order chi connectivity index (χ1) is 36.5. The highest BCUT2D eigenvalue weighted by Gasteiger charge is 2.40. The summed E-state index contributed by atoms with van der Waals surface area (Å²) in [6.45, 7) is 8.07. The number of aromatic nitrogens is 2. The fraction of sp³-hybridized carbons (Fsp3) is 0.0896. The highest BCUT2D eigenvalue weighted by molar-refractivity contribution is 6.14. The topological polar surface area (TPSA) is 33.6 Å². The molecule has 0 atom stereocenters. The molecule has 0 unspecified atom stereocenters. The Kier molecular flexibility index (Phi) is 11.4. The molecule has 0 aliphatic heterocycles. The van der Waals surface area contributed by atoms with Gasteiger partial charge in [-0.1, -0.05) is 150 Å². The van der Waals surface area contributed by atoms with Gasteiger partial charge in [0.15, 0.2) is 0 Å². The van der Waals surface area contributed by atoms with Crippen LogP contribution in [-0.2, 0) is 12.4 Å². The predicted molar refractivity (Wildman–Crippen MR) is 296 cm³/mol. The van der Waals surface area contributed by atoms with E-state index in [4.69, 9.17) is 0 Å². The van der Waals surface area contributed by atoms with Crippen LogP contribution in [0.25, 0.3) is 111 Å². The molecule has 0 saturated carbocycles. The van der Waals surface area contributed by atoms with Crippen molar-refractivity contribution >= 4 is 43.6 Å². The Morgan fingerprint density at radius 3 is 0.974 bits per heavy atom. The minimum absolute atomic E-state index is 0.0197. The van der Waals surface area contributed by atoms with Crippen molar-refractivity contribution in [3.63, 3.8) is 0 Å². The molecule has 2 aromatic heterocycles. The molecular formula is C67H45F6N3. The van der Waals surface area contributed by atoms with Gasteiger partial charge < -0.3 is 9.13 Å². The summed E-state index contributed by atoms with van der Waals surface area (Å²) in [6.07, 6.45) is -10.3. The summed E-state index contributed by atoms with van der Waals surface area (Å²) >= 11 is 0. The molecule has 0 fully saturated rings. The van der Waals surface area contributed by atoms with Gasteiger partial charge in [-0.2, -0.15) is 31.6 Å². The van der Waals surface area contributed by atoms with E-state index in [1.807, 2.05) is 158 Å². The number of nitrogens with zero attached hydrogens (tertiary/aromatic N) is 3. The second kappa shape index (κ2) is 18.1. The third-order valence-electron chi connectivity index (χ3n) is 14.6. The Hall–Kier alpha value is -9.13. The number of fused-ring (bicyclic) bond motifs is 6. The highest BCUT2D eigenvalue weighted by atomic mass is 19.4. The van der Waals surface area contributed by atoms with Gasteiger partial charge in [-0.05, 0) is 151 Å². The minimum atomic E-state index is -5.25. The molecule has 0 aliphatic rings. The quantitative estimate of drug-likeness (QED) is 0.147. The zero-order valence-electron chi connectivity index (χ0n) is 41.7. The van der Waals surface area contributed by atoms with Crippen LogP contribution >= 0.6 is 0 Å². The maximum atomic E-state index is 15.9. The largest absolute Gasteiger partial charge is 0.417 e. The molecule has 2 heterocycles. The Labute approximate surface area is 434 Å². The first-order valence-corrected chi connectivity index (χ1v) is 24.8. The van der Waals surface area contributed by atoms with Crippen molar-refractivity contribution in [3.8, 4) is 73.1 Å². The molecule has 9 heteroatoms. The lowest BCUT2D eigenvalue weighted by molar-refractivity contribution is -0.142. The molecule has 0 spiro atoms. The summed E-state index contributed by atoms with van der Waals surface area (Å²) in [5.41, 5.74) is 11.3. The lowest BCUT2D eigenvalue weighted by Crippen LogP contribution is -2.14. The second-order valence-electron chi connectivity index (χ2n) is 19.8. The lowest BCUT2D eigenvalue weighted by Gasteiger charge is -2.24. The van der Waals surface area contributed by atoms with E-state index in [-0.39, 0.29) is 28.6 Å². The van der Waals surface area contributed by atoms with E-state index in [0.29, 0.717) is 28.1 Å². The summed E-state index contributed by atoms with van der Waals surface area (Å²) in [6, 6.07) is 63.6. The fourth-order valence-corrected chi connectivity index (χ4v) is 11.1. The van der Waals surface area contributed by atoms with Crippen LogP contribution in [0.4, 0.5) is 26.3 Å². The second-order valence-corrected chi connectivity index (χ2v) is 19.8. The summed E-state index contributed by atoms with van der Waals surface area (Å²) in [5, 5.41) is 14.2. The highest BCUT2D eigenvalue weighted by Crippen LogP contribution is 2.49. The molecule has 0 radical (unpaired) electrons. The van der Waals surface area contributed by atoms with Gasteiger partial charge in [0.25, 0.3) is 0 Å². The maximum Gasteiger partial charge on any atom is 0.417 e. The minimum Gasteiger partial charge on any atom is -0.308 e. The van der Waals surface area contributed by atoms with E-state index in [1.165, 1.54) is 0 Å². The van der Waals surface area contributed by atoms with Crippen LogP contribution < -0.4 is 0 Å². The fourth-order valence-electron chi connectivity index (χ4n) is 11.1. The van der Waals surface area contributed by atoms with Gasteiger partial charge in [-0.3, -0.25) is 0 Å². The van der Waals surface area contributed by atoms with Gasteiger partial charge in [0.2, 0.25) is 0 Å². The summed E-state index contributed by atoms with van der Waals surface area (Å²) in [7, 11) is 0. The van der Waals surface area contributed by atoms with Crippen molar-refractivity contribution in [2.45, 2.75) is 40.0 Å². The number of hydrogen-bond donors (Lipinski definition) is 0. The summed E-state index contributed by atoms with van der Waals surface area (Å²) < 4.78 is 95.2. The van der Waals surface area contributed by atoms with Crippen LogP contribution in [0.15, 0.2) is 200 Å². The first-order valence-electron chi connectivity index (χ1n) is 24.8. The molecule has 0 amide bonds. The van der Waals surface area contributed by atoms with E-state index in [9.17, 15) is 18.4 Å². The van der Waals surface area contributed by atoms with Crippen molar-refractivity contribution < 1.29 is 26.3 Å². The van der Waals surface area contributed by atoms with Crippen LogP contribution in [0, 0.1) is 39.0 Å². The van der Waals surface area contributed by atoms with Crippen molar-refractivity contribution in [1.29, 1.82) is 5.26 Å². The SMILES string of the molecule is Cc1cccc(-c2ccc3c(c2)c2cc(-c4cccc(C)c4)ccc2n3-c2cc(C#N)cc(-n3c4ccc(-c5cccc(C)c5)cc4c4cc(-c5cccc(C)c5)ccc43)c2-c2ccc(C(F)(F)F)cc2C(F)(F)F)c1. The van der Waals surface area contributed by atoms with Gasteiger partial charge in [0.05, 0.1) is 56.2 Å². The van der Waals surface area contributed by atoms with E-state index in [2.05, 4.69) is 54.6 Å². The number of aryl methyl sites for hydroxylation is 4. The van der Waals surface area contributed by atoms with Crippen LogP contribution in [0.2, 0.25) is 0 Å². The zero-order chi connectivity index (χ0) is 52.8. The number of nitriles is 1. The molecular weight excluding hydrogens is 961 g/mol. The Balaban J connectivity index is 1.24.